The molecule has 1 fully saturated rings. The third kappa shape index (κ3) is 4.27. The van der Waals surface area contributed by atoms with E-state index >= 15 is 0 Å². The Morgan fingerprint density at radius 3 is 2.74 bits per heavy atom. The fraction of sp³-hybridized carbons (Fsp3) is 0.562. The van der Waals surface area contributed by atoms with Crippen molar-refractivity contribution in [1.82, 2.24) is 10.2 Å². The highest BCUT2D eigenvalue weighted by atomic mass is 16.7. The highest BCUT2D eigenvalue weighted by molar-refractivity contribution is 5.89. The van der Waals surface area contributed by atoms with Crippen molar-refractivity contribution < 1.29 is 19.0 Å². The number of ether oxygens (including phenoxy) is 3. The molecule has 7 nitrogen and oxygen atoms in total. The van der Waals surface area contributed by atoms with Crippen LogP contribution in [-0.2, 0) is 4.74 Å². The number of fused-ring (bicyclic) bond motifs is 1. The van der Waals surface area contributed by atoms with Gasteiger partial charge in [0.05, 0.1) is 12.2 Å². The lowest BCUT2D eigenvalue weighted by atomic mass is 10.2. The summed E-state index contributed by atoms with van der Waals surface area (Å²) in [6.45, 7) is 7.57. The molecule has 0 aliphatic carbocycles. The van der Waals surface area contributed by atoms with E-state index in [1.165, 1.54) is 0 Å². The molecule has 23 heavy (non-hydrogen) atoms. The van der Waals surface area contributed by atoms with Crippen molar-refractivity contribution in [1.29, 1.82) is 0 Å². The van der Waals surface area contributed by atoms with E-state index < -0.39 is 0 Å². The van der Waals surface area contributed by atoms with Crippen LogP contribution < -0.4 is 20.1 Å². The summed E-state index contributed by atoms with van der Waals surface area (Å²) in [6, 6.07) is 5.11. The maximum atomic E-state index is 11.9. The Morgan fingerprint density at radius 1 is 1.22 bits per heavy atom. The number of carbonyl (C=O) groups excluding carboxylic acids is 1. The molecule has 1 aromatic rings. The molecule has 0 bridgehead atoms. The fourth-order valence-electron chi connectivity index (χ4n) is 2.94. The molecule has 2 N–H and O–H groups in total. The van der Waals surface area contributed by atoms with Gasteiger partial charge in [-0.3, -0.25) is 4.90 Å². The number of nitrogens with one attached hydrogen (secondary N) is 2. The number of morpholine rings is 1. The average Bonchev–Trinajstić information content (AvgIpc) is 2.93. The average molecular weight is 321 g/mol. The van der Waals surface area contributed by atoms with Gasteiger partial charge in [-0.15, -0.1) is 0 Å². The smallest absolute Gasteiger partial charge is 0.319 e. The van der Waals surface area contributed by atoms with E-state index in [0.29, 0.717) is 23.7 Å². The van der Waals surface area contributed by atoms with Gasteiger partial charge in [-0.1, -0.05) is 0 Å². The van der Waals surface area contributed by atoms with Crippen LogP contribution in [0.15, 0.2) is 18.2 Å². The molecule has 0 saturated carbocycles. The zero-order valence-corrected chi connectivity index (χ0v) is 13.5. The summed E-state index contributed by atoms with van der Waals surface area (Å²) in [5, 5.41) is 5.67. The van der Waals surface area contributed by atoms with Crippen molar-refractivity contribution >= 4 is 11.7 Å². The Bertz CT molecular complexity index is 556. The second kappa shape index (κ2) is 7.06. The van der Waals surface area contributed by atoms with Crippen LogP contribution in [0.2, 0.25) is 0 Å². The van der Waals surface area contributed by atoms with Crippen LogP contribution >= 0.6 is 0 Å². The SMILES string of the molecule is C[C@@H]1CN(CCNC(=O)Nc2ccc3c(c2)OCO3)C[C@H](C)O1. The predicted molar refractivity (Wildman–Crippen MR) is 86.0 cm³/mol. The highest BCUT2D eigenvalue weighted by Gasteiger charge is 2.21. The van der Waals surface area contributed by atoms with Crippen LogP contribution in [0.3, 0.4) is 0 Å². The van der Waals surface area contributed by atoms with Gasteiger partial charge >= 0.3 is 6.03 Å². The van der Waals surface area contributed by atoms with Gasteiger partial charge in [-0.2, -0.15) is 0 Å². The molecule has 1 aromatic carbocycles. The van der Waals surface area contributed by atoms with E-state index in [1.54, 1.807) is 18.2 Å². The topological polar surface area (TPSA) is 72.1 Å². The van der Waals surface area contributed by atoms with E-state index in [-0.39, 0.29) is 25.0 Å². The zero-order chi connectivity index (χ0) is 16.2. The second-order valence-corrected chi connectivity index (χ2v) is 5.97. The van der Waals surface area contributed by atoms with Gasteiger partial charge in [0.25, 0.3) is 0 Å². The summed E-state index contributed by atoms with van der Waals surface area (Å²) >= 11 is 0. The third-order valence-corrected chi connectivity index (χ3v) is 3.84. The van der Waals surface area contributed by atoms with Crippen LogP contribution in [0.4, 0.5) is 10.5 Å². The van der Waals surface area contributed by atoms with Crippen LogP contribution in [0, 0.1) is 0 Å². The minimum atomic E-state index is -0.224. The van der Waals surface area contributed by atoms with E-state index in [1.807, 2.05) is 0 Å². The molecule has 0 radical (unpaired) electrons. The lowest BCUT2D eigenvalue weighted by Crippen LogP contribution is -2.48. The number of rotatable bonds is 4. The van der Waals surface area contributed by atoms with Crippen molar-refractivity contribution in [3.05, 3.63) is 18.2 Å². The fourth-order valence-corrected chi connectivity index (χ4v) is 2.94. The molecular formula is C16H23N3O4. The van der Waals surface area contributed by atoms with Gasteiger partial charge in [-0.25, -0.2) is 4.79 Å². The molecule has 2 aliphatic heterocycles. The van der Waals surface area contributed by atoms with Crippen molar-refractivity contribution in [3.8, 4) is 11.5 Å². The van der Waals surface area contributed by atoms with Crippen molar-refractivity contribution in [2.75, 3.05) is 38.3 Å². The Balaban J connectivity index is 1.41. The first kappa shape index (κ1) is 15.9. The third-order valence-electron chi connectivity index (χ3n) is 3.84. The molecule has 2 amide bonds. The first-order valence-corrected chi connectivity index (χ1v) is 7.92. The summed E-state index contributed by atoms with van der Waals surface area (Å²) in [6.07, 6.45) is 0.474. The number of amides is 2. The Hall–Kier alpha value is -1.99. The molecule has 0 unspecified atom stereocenters. The Kier molecular flexibility index (Phi) is 4.88. The summed E-state index contributed by atoms with van der Waals surface area (Å²) in [5.41, 5.74) is 0.681. The molecule has 1 saturated heterocycles. The molecule has 2 heterocycles. The first-order valence-electron chi connectivity index (χ1n) is 7.92. The van der Waals surface area contributed by atoms with Gasteiger partial charge in [0.2, 0.25) is 6.79 Å². The van der Waals surface area contributed by atoms with Crippen molar-refractivity contribution in [2.45, 2.75) is 26.1 Å². The molecule has 2 atom stereocenters. The van der Waals surface area contributed by atoms with Crippen LogP contribution in [0.5, 0.6) is 11.5 Å². The zero-order valence-electron chi connectivity index (χ0n) is 13.5. The number of nitrogens with zero attached hydrogens (tertiary/aromatic N) is 1. The lowest BCUT2D eigenvalue weighted by molar-refractivity contribution is -0.0672. The van der Waals surface area contributed by atoms with Crippen LogP contribution in [0.25, 0.3) is 0 Å². The van der Waals surface area contributed by atoms with Crippen molar-refractivity contribution in [2.24, 2.45) is 0 Å². The summed E-state index contributed by atoms with van der Waals surface area (Å²) < 4.78 is 16.2. The molecule has 7 heteroatoms. The molecule has 2 aliphatic rings. The highest BCUT2D eigenvalue weighted by Crippen LogP contribution is 2.34. The quantitative estimate of drug-likeness (QED) is 0.882. The Morgan fingerprint density at radius 2 is 1.96 bits per heavy atom. The van der Waals surface area contributed by atoms with Crippen molar-refractivity contribution in [3.63, 3.8) is 0 Å². The molecular weight excluding hydrogens is 298 g/mol. The second-order valence-electron chi connectivity index (χ2n) is 5.97. The molecule has 0 spiro atoms. The van der Waals surface area contributed by atoms with E-state index in [0.717, 1.165) is 19.6 Å². The van der Waals surface area contributed by atoms with Gasteiger partial charge in [0.1, 0.15) is 0 Å². The molecule has 0 aromatic heterocycles. The molecule has 126 valence electrons. The van der Waals surface area contributed by atoms with E-state index in [4.69, 9.17) is 14.2 Å². The number of benzene rings is 1. The van der Waals surface area contributed by atoms with E-state index in [9.17, 15) is 4.79 Å². The Labute approximate surface area is 135 Å². The predicted octanol–water partition coefficient (Wildman–Crippen LogP) is 1.65. The summed E-state index contributed by atoms with van der Waals surface area (Å²) in [7, 11) is 0. The van der Waals surface area contributed by atoms with E-state index in [2.05, 4.69) is 29.4 Å². The molecule has 3 rings (SSSR count). The number of carbonyl (C=O) groups is 1. The maximum Gasteiger partial charge on any atom is 0.319 e. The lowest BCUT2D eigenvalue weighted by Gasteiger charge is -2.35. The van der Waals surface area contributed by atoms with Crippen LogP contribution in [0.1, 0.15) is 13.8 Å². The van der Waals surface area contributed by atoms with Gasteiger partial charge < -0.3 is 24.8 Å². The standard InChI is InChI=1S/C16H23N3O4/c1-11-8-19(9-12(2)23-11)6-5-17-16(20)18-13-3-4-14-15(7-13)22-10-21-14/h3-4,7,11-12H,5-6,8-10H2,1-2H3,(H2,17,18,20)/t11-,12+. The number of hydrogen-bond donors (Lipinski definition) is 2. The number of anilines is 1. The monoisotopic (exact) mass is 321 g/mol. The van der Waals surface area contributed by atoms with Crippen LogP contribution in [-0.4, -0.2) is 56.1 Å². The summed E-state index contributed by atoms with van der Waals surface area (Å²) in [4.78, 5) is 14.3. The maximum absolute atomic E-state index is 11.9. The van der Waals surface area contributed by atoms with Gasteiger partial charge in [-0.05, 0) is 26.0 Å². The number of urea groups is 1. The first-order chi connectivity index (χ1) is 11.1. The minimum absolute atomic E-state index is 0.224. The van der Waals surface area contributed by atoms with Gasteiger partial charge in [0, 0.05) is 37.9 Å². The summed E-state index contributed by atoms with van der Waals surface area (Å²) in [5.74, 6) is 1.35. The number of hydrogen-bond acceptors (Lipinski definition) is 5. The normalized spacial score (nSPS) is 23.6. The largest absolute Gasteiger partial charge is 0.454 e. The minimum Gasteiger partial charge on any atom is -0.454 e. The van der Waals surface area contributed by atoms with Gasteiger partial charge in [0.15, 0.2) is 11.5 Å².